The summed E-state index contributed by atoms with van der Waals surface area (Å²) in [6.45, 7) is 7.18. The maximum Gasteiger partial charge on any atom is 0.155 e. The number of carbonyl (C=O) groups is 1. The minimum atomic E-state index is -0.636. The van der Waals surface area contributed by atoms with Gasteiger partial charge in [-0.3, -0.25) is 4.79 Å². The number of allylic oxidation sites excluding steroid dienone is 1. The molecule has 0 aromatic rings. The van der Waals surface area contributed by atoms with E-state index < -0.39 is 5.60 Å². The molecule has 0 spiro atoms. The lowest BCUT2D eigenvalue weighted by molar-refractivity contribution is -0.125. The summed E-state index contributed by atoms with van der Waals surface area (Å²) in [7, 11) is 0. The molecule has 3 saturated carbocycles. The van der Waals surface area contributed by atoms with E-state index in [0.717, 1.165) is 38.5 Å². The molecule has 0 unspecified atom stereocenters. The van der Waals surface area contributed by atoms with Crippen molar-refractivity contribution in [2.45, 2.75) is 71.3 Å². The molecule has 0 radical (unpaired) electrons. The molecule has 4 aliphatic rings. The zero-order chi connectivity index (χ0) is 18.0. The van der Waals surface area contributed by atoms with Crippen LogP contribution in [0, 0.1) is 34.5 Å². The molecule has 0 saturated heterocycles. The van der Waals surface area contributed by atoms with Gasteiger partial charge in [0.25, 0.3) is 0 Å². The van der Waals surface area contributed by atoms with Gasteiger partial charge in [0.15, 0.2) is 5.78 Å². The Morgan fingerprint density at radius 3 is 2.64 bits per heavy atom. The van der Waals surface area contributed by atoms with Gasteiger partial charge in [0.05, 0.1) is 5.60 Å². The van der Waals surface area contributed by atoms with Crippen molar-refractivity contribution in [3.8, 4) is 0 Å². The molecule has 3 fully saturated rings. The van der Waals surface area contributed by atoms with Crippen molar-refractivity contribution in [2.24, 2.45) is 34.5 Å². The molecule has 4 aliphatic carbocycles. The Balaban J connectivity index is 1.73. The van der Waals surface area contributed by atoms with Crippen LogP contribution in [0.25, 0.3) is 0 Å². The molecule has 25 heavy (non-hydrogen) atoms. The van der Waals surface area contributed by atoms with Crippen molar-refractivity contribution in [1.82, 2.24) is 0 Å². The molecule has 0 amide bonds. The van der Waals surface area contributed by atoms with Crippen LogP contribution in [0.5, 0.6) is 0 Å². The lowest BCUT2D eigenvalue weighted by Crippen LogP contribution is -2.56. The van der Waals surface area contributed by atoms with Gasteiger partial charge in [-0.05, 0) is 83.8 Å². The lowest BCUT2D eigenvalue weighted by Gasteiger charge is -2.60. The number of ketones is 1. The average molecular weight is 454 g/mol. The third-order valence-corrected chi connectivity index (χ3v) is 9.22. The number of carbonyl (C=O) groups excluding carboxylic acids is 1. The number of hydrogen-bond donors (Lipinski definition) is 1. The Morgan fingerprint density at radius 2 is 1.92 bits per heavy atom. The Bertz CT molecular complexity index is 652. The highest BCUT2D eigenvalue weighted by molar-refractivity contribution is 14.1. The van der Waals surface area contributed by atoms with Crippen LogP contribution >= 0.6 is 22.6 Å². The second-order valence-corrected chi connectivity index (χ2v) is 10.5. The van der Waals surface area contributed by atoms with Crippen molar-refractivity contribution in [3.05, 3.63) is 21.8 Å². The summed E-state index contributed by atoms with van der Waals surface area (Å²) in [5.74, 6) is 2.92. The van der Waals surface area contributed by atoms with Crippen LogP contribution in [-0.2, 0) is 4.79 Å². The van der Waals surface area contributed by atoms with Gasteiger partial charge in [-0.1, -0.05) is 48.9 Å². The smallest absolute Gasteiger partial charge is 0.155 e. The SMILES string of the molecule is C[C@@H]1CC2=CC(=O)CC[C@]2(C)[C@H]2CC[C@@]3(C)[C@@H](CC[C@@]3(O)/C=C/I)[C@H]12. The molecule has 0 bridgehead atoms. The molecule has 0 aromatic heterocycles. The van der Waals surface area contributed by atoms with E-state index >= 15 is 0 Å². The molecule has 3 heteroatoms. The standard InChI is InChI=1S/C22H31IO2/c1-14-12-15-13-16(24)4-7-20(15,2)17-5-8-21(3)18(19(14)17)6-9-22(21,25)10-11-23/h10-11,13-14,17-19,25H,4-9,12H2,1-3H3/b11-10+/t14-,17+,18+,19-,20+,21+,22-/m1/s1. The molecule has 1 N–H and O–H groups in total. The topological polar surface area (TPSA) is 37.3 Å². The molecule has 0 heterocycles. The fourth-order valence-corrected chi connectivity index (χ4v) is 7.93. The quantitative estimate of drug-likeness (QED) is 0.536. The number of hydrogen-bond acceptors (Lipinski definition) is 2. The molecular formula is C22H31IO2. The summed E-state index contributed by atoms with van der Waals surface area (Å²) in [5.41, 5.74) is 1.02. The predicted octanol–water partition coefficient (Wildman–Crippen LogP) is 5.44. The second-order valence-electron chi connectivity index (χ2n) is 9.74. The number of halogens is 1. The summed E-state index contributed by atoms with van der Waals surface area (Å²) < 4.78 is 2.01. The third-order valence-electron chi connectivity index (χ3n) is 8.86. The van der Waals surface area contributed by atoms with E-state index in [1.807, 2.05) is 10.2 Å². The van der Waals surface area contributed by atoms with Crippen molar-refractivity contribution < 1.29 is 9.90 Å². The van der Waals surface area contributed by atoms with Crippen molar-refractivity contribution in [2.75, 3.05) is 0 Å². The third kappa shape index (κ3) is 2.40. The summed E-state index contributed by atoms with van der Waals surface area (Å²) in [6.07, 6.45) is 11.3. The van der Waals surface area contributed by atoms with E-state index in [9.17, 15) is 9.90 Å². The van der Waals surface area contributed by atoms with Gasteiger partial charge in [-0.15, -0.1) is 0 Å². The van der Waals surface area contributed by atoms with Crippen LogP contribution in [-0.4, -0.2) is 16.5 Å². The van der Waals surface area contributed by atoms with Crippen molar-refractivity contribution in [3.63, 3.8) is 0 Å². The summed E-state index contributed by atoms with van der Waals surface area (Å²) >= 11 is 2.25. The molecule has 138 valence electrons. The Hall–Kier alpha value is -0.160. The monoisotopic (exact) mass is 454 g/mol. The van der Waals surface area contributed by atoms with Gasteiger partial charge in [-0.2, -0.15) is 0 Å². The van der Waals surface area contributed by atoms with Gasteiger partial charge < -0.3 is 5.11 Å². The zero-order valence-electron chi connectivity index (χ0n) is 15.7. The van der Waals surface area contributed by atoms with E-state index in [1.54, 1.807) is 0 Å². The largest absolute Gasteiger partial charge is 0.385 e. The van der Waals surface area contributed by atoms with Gasteiger partial charge in [0.1, 0.15) is 0 Å². The van der Waals surface area contributed by atoms with Crippen LogP contribution in [0.2, 0.25) is 0 Å². The first-order valence-electron chi connectivity index (χ1n) is 9.99. The van der Waals surface area contributed by atoms with Crippen LogP contribution in [0.4, 0.5) is 0 Å². The average Bonchev–Trinajstić information content (AvgIpc) is 2.81. The lowest BCUT2D eigenvalue weighted by atomic mass is 9.44. The molecule has 7 atom stereocenters. The highest BCUT2D eigenvalue weighted by Gasteiger charge is 2.64. The van der Waals surface area contributed by atoms with E-state index in [4.69, 9.17) is 0 Å². The molecule has 0 aromatic carbocycles. The fraction of sp³-hybridized carbons (Fsp3) is 0.773. The van der Waals surface area contributed by atoms with Gasteiger partial charge >= 0.3 is 0 Å². The van der Waals surface area contributed by atoms with Crippen LogP contribution in [0.15, 0.2) is 21.8 Å². The van der Waals surface area contributed by atoms with Gasteiger partial charge in [0, 0.05) is 11.8 Å². The highest BCUT2D eigenvalue weighted by Crippen LogP contribution is 2.68. The Kier molecular flexibility index (Phi) is 4.31. The van der Waals surface area contributed by atoms with Gasteiger partial charge in [-0.25, -0.2) is 0 Å². The number of aliphatic hydroxyl groups is 1. The number of rotatable bonds is 1. The second kappa shape index (κ2) is 5.92. The van der Waals surface area contributed by atoms with Crippen molar-refractivity contribution in [1.29, 1.82) is 0 Å². The van der Waals surface area contributed by atoms with E-state index in [-0.39, 0.29) is 10.8 Å². The minimum Gasteiger partial charge on any atom is -0.385 e. The molecule has 2 nitrogen and oxygen atoms in total. The minimum absolute atomic E-state index is 0.00611. The molecule has 4 rings (SSSR count). The predicted molar refractivity (Wildman–Crippen MR) is 109 cm³/mol. The highest BCUT2D eigenvalue weighted by atomic mass is 127. The van der Waals surface area contributed by atoms with E-state index in [2.05, 4.69) is 49.4 Å². The van der Waals surface area contributed by atoms with Crippen LogP contribution in [0.1, 0.15) is 65.7 Å². The van der Waals surface area contributed by atoms with Crippen molar-refractivity contribution >= 4 is 28.4 Å². The first-order valence-corrected chi connectivity index (χ1v) is 11.2. The van der Waals surface area contributed by atoms with Crippen LogP contribution < -0.4 is 0 Å². The van der Waals surface area contributed by atoms with Crippen LogP contribution in [0.3, 0.4) is 0 Å². The first-order chi connectivity index (χ1) is 11.7. The maximum atomic E-state index is 12.0. The molecular weight excluding hydrogens is 423 g/mol. The normalized spacial score (nSPS) is 52.5. The summed E-state index contributed by atoms with van der Waals surface area (Å²) in [5, 5.41) is 11.4. The summed E-state index contributed by atoms with van der Waals surface area (Å²) in [4.78, 5) is 12.0. The Labute approximate surface area is 165 Å². The first kappa shape index (κ1) is 18.2. The maximum absolute atomic E-state index is 12.0. The zero-order valence-corrected chi connectivity index (χ0v) is 17.9. The van der Waals surface area contributed by atoms with E-state index in [0.29, 0.717) is 29.5 Å². The number of fused-ring (bicyclic) bond motifs is 5. The fourth-order valence-electron chi connectivity index (χ4n) is 7.34. The van der Waals surface area contributed by atoms with Gasteiger partial charge in [0.2, 0.25) is 0 Å². The van der Waals surface area contributed by atoms with E-state index in [1.165, 1.54) is 12.0 Å². The Morgan fingerprint density at radius 1 is 1.20 bits per heavy atom. The summed E-state index contributed by atoms with van der Waals surface area (Å²) in [6, 6.07) is 0. The molecule has 0 aliphatic heterocycles.